The number of carbonyl (C=O) groups excluding carboxylic acids is 2. The van der Waals surface area contributed by atoms with Gasteiger partial charge in [0.05, 0.1) is 42.8 Å². The maximum Gasteiger partial charge on any atom is 0.243 e. The number of hydrogen-bond acceptors (Lipinski definition) is 5. The first-order valence-electron chi connectivity index (χ1n) is 11.2. The van der Waals surface area contributed by atoms with Crippen molar-refractivity contribution in [2.45, 2.75) is 50.9 Å². The summed E-state index contributed by atoms with van der Waals surface area (Å²) in [6.07, 6.45) is 0.672. The van der Waals surface area contributed by atoms with E-state index >= 15 is 0 Å². The molecule has 2 aromatic heterocycles. The molecule has 0 saturated carbocycles. The SMILES string of the molecule is CC(C)c1ccc(C(NC(=O)[C@@H]2C[C@@H](F)CN2C(=O)Cc2cn[nH]n2)c2ccc(F)cn2)cc1F. The Labute approximate surface area is 199 Å². The van der Waals surface area contributed by atoms with Crippen LogP contribution in [0.1, 0.15) is 54.7 Å². The van der Waals surface area contributed by atoms with E-state index in [1.54, 1.807) is 12.1 Å². The molecule has 11 heteroatoms. The number of rotatable bonds is 7. The number of hydrogen-bond donors (Lipinski definition) is 2. The molecule has 0 spiro atoms. The second kappa shape index (κ2) is 10.2. The van der Waals surface area contributed by atoms with Gasteiger partial charge in [-0.3, -0.25) is 14.6 Å². The minimum atomic E-state index is -1.38. The lowest BCUT2D eigenvalue weighted by atomic mass is 9.96. The largest absolute Gasteiger partial charge is 0.342 e. The number of likely N-dealkylation sites (tertiary alicyclic amines) is 1. The molecule has 1 aliphatic rings. The van der Waals surface area contributed by atoms with E-state index in [0.717, 1.165) is 6.20 Å². The Hall–Kier alpha value is -3.76. The minimum absolute atomic E-state index is 0.0506. The van der Waals surface area contributed by atoms with Crippen LogP contribution in [0, 0.1) is 11.6 Å². The second-order valence-corrected chi connectivity index (χ2v) is 8.81. The number of aromatic nitrogens is 4. The Balaban J connectivity index is 1.60. The zero-order valence-corrected chi connectivity index (χ0v) is 19.2. The number of H-pyrrole nitrogens is 1. The lowest BCUT2D eigenvalue weighted by molar-refractivity contribution is -0.138. The van der Waals surface area contributed by atoms with Crippen molar-refractivity contribution >= 4 is 11.8 Å². The molecule has 3 heterocycles. The van der Waals surface area contributed by atoms with Gasteiger partial charge in [0.25, 0.3) is 0 Å². The summed E-state index contributed by atoms with van der Waals surface area (Å²) in [4.78, 5) is 31.3. The molecule has 0 bridgehead atoms. The topological polar surface area (TPSA) is 104 Å². The van der Waals surface area contributed by atoms with E-state index in [1.165, 1.54) is 29.3 Å². The molecule has 0 aliphatic carbocycles. The van der Waals surface area contributed by atoms with Crippen molar-refractivity contribution in [3.63, 3.8) is 0 Å². The van der Waals surface area contributed by atoms with Crippen LogP contribution in [-0.2, 0) is 16.0 Å². The predicted molar refractivity (Wildman–Crippen MR) is 120 cm³/mol. The number of amides is 2. The summed E-state index contributed by atoms with van der Waals surface area (Å²) in [6.45, 7) is 3.49. The molecule has 1 saturated heterocycles. The van der Waals surface area contributed by atoms with Crippen LogP contribution in [0.25, 0.3) is 0 Å². The van der Waals surface area contributed by atoms with Crippen molar-refractivity contribution in [1.29, 1.82) is 0 Å². The van der Waals surface area contributed by atoms with Crippen LogP contribution >= 0.6 is 0 Å². The number of aromatic amines is 1. The van der Waals surface area contributed by atoms with Gasteiger partial charge in [0.2, 0.25) is 11.8 Å². The van der Waals surface area contributed by atoms with Crippen molar-refractivity contribution in [2.24, 2.45) is 0 Å². The standard InChI is InChI=1S/C24H25F3N6O2/c1-13(2)18-5-3-14(7-19(18)27)23(20-6-4-15(25)10-28-20)30-24(35)21-8-16(26)12-33(21)22(34)9-17-11-29-32-31-17/h3-7,10-11,13,16,21,23H,8-9,12H2,1-2H3,(H,30,35)(H,29,31,32)/t16-,21+,23?/m1/s1. The summed E-state index contributed by atoms with van der Waals surface area (Å²) in [7, 11) is 0. The fourth-order valence-electron chi connectivity index (χ4n) is 4.19. The van der Waals surface area contributed by atoms with E-state index in [0.29, 0.717) is 16.8 Å². The van der Waals surface area contributed by atoms with Gasteiger partial charge in [-0.1, -0.05) is 26.0 Å². The van der Waals surface area contributed by atoms with Crippen LogP contribution in [0.5, 0.6) is 0 Å². The van der Waals surface area contributed by atoms with Gasteiger partial charge in [-0.15, -0.1) is 0 Å². The maximum atomic E-state index is 14.8. The van der Waals surface area contributed by atoms with Crippen molar-refractivity contribution in [2.75, 3.05) is 6.54 Å². The van der Waals surface area contributed by atoms with Gasteiger partial charge >= 0.3 is 0 Å². The third kappa shape index (κ3) is 5.50. The fraction of sp³-hybridized carbons (Fsp3) is 0.375. The molecular weight excluding hydrogens is 461 g/mol. The Morgan fingerprint density at radius 3 is 2.63 bits per heavy atom. The number of carbonyl (C=O) groups is 2. The lowest BCUT2D eigenvalue weighted by Crippen LogP contribution is -2.47. The van der Waals surface area contributed by atoms with Crippen molar-refractivity contribution < 1.29 is 22.8 Å². The summed E-state index contributed by atoms with van der Waals surface area (Å²) in [6, 6.07) is 5.13. The van der Waals surface area contributed by atoms with E-state index in [2.05, 4.69) is 25.7 Å². The highest BCUT2D eigenvalue weighted by atomic mass is 19.1. The van der Waals surface area contributed by atoms with Crippen LogP contribution in [0.2, 0.25) is 0 Å². The number of nitrogens with zero attached hydrogens (tertiary/aromatic N) is 4. The molecule has 1 aromatic carbocycles. The average molecular weight is 486 g/mol. The Bertz CT molecular complexity index is 1190. The van der Waals surface area contributed by atoms with Gasteiger partial charge in [0, 0.05) is 6.42 Å². The number of benzene rings is 1. The molecule has 3 aromatic rings. The monoisotopic (exact) mass is 486 g/mol. The van der Waals surface area contributed by atoms with Gasteiger partial charge in [0.15, 0.2) is 0 Å². The molecule has 184 valence electrons. The second-order valence-electron chi connectivity index (χ2n) is 8.81. The highest BCUT2D eigenvalue weighted by molar-refractivity contribution is 5.89. The van der Waals surface area contributed by atoms with Crippen LogP contribution in [-0.4, -0.2) is 55.9 Å². The number of nitrogens with one attached hydrogen (secondary N) is 2. The van der Waals surface area contributed by atoms with Crippen LogP contribution in [0.4, 0.5) is 13.2 Å². The highest BCUT2D eigenvalue weighted by Gasteiger charge is 2.40. The molecule has 2 amide bonds. The first-order chi connectivity index (χ1) is 16.7. The van der Waals surface area contributed by atoms with Crippen molar-refractivity contribution in [3.05, 3.63) is 76.9 Å². The van der Waals surface area contributed by atoms with E-state index in [-0.39, 0.29) is 31.0 Å². The third-order valence-corrected chi connectivity index (χ3v) is 5.98. The molecule has 3 atom stereocenters. The highest BCUT2D eigenvalue weighted by Crippen LogP contribution is 2.28. The Kier molecular flexibility index (Phi) is 7.13. The molecule has 1 aliphatic heterocycles. The van der Waals surface area contributed by atoms with Gasteiger partial charge in [0.1, 0.15) is 23.8 Å². The predicted octanol–water partition coefficient (Wildman–Crippen LogP) is 2.99. The van der Waals surface area contributed by atoms with E-state index in [9.17, 15) is 22.8 Å². The van der Waals surface area contributed by atoms with Crippen LogP contribution in [0.3, 0.4) is 0 Å². The van der Waals surface area contributed by atoms with Crippen molar-refractivity contribution in [1.82, 2.24) is 30.6 Å². The molecule has 1 fully saturated rings. The van der Waals surface area contributed by atoms with Gasteiger partial charge in [-0.05, 0) is 35.2 Å². The smallest absolute Gasteiger partial charge is 0.243 e. The number of halogens is 3. The van der Waals surface area contributed by atoms with Crippen molar-refractivity contribution in [3.8, 4) is 0 Å². The van der Waals surface area contributed by atoms with Crippen LogP contribution < -0.4 is 5.32 Å². The molecule has 2 N–H and O–H groups in total. The first-order valence-corrected chi connectivity index (χ1v) is 11.2. The van der Waals surface area contributed by atoms with Gasteiger partial charge in [-0.2, -0.15) is 15.4 Å². The third-order valence-electron chi connectivity index (χ3n) is 5.98. The minimum Gasteiger partial charge on any atom is -0.342 e. The Morgan fingerprint density at radius 1 is 1.20 bits per heavy atom. The molecular formula is C24H25F3N6O2. The van der Waals surface area contributed by atoms with Gasteiger partial charge < -0.3 is 10.2 Å². The zero-order valence-electron chi connectivity index (χ0n) is 19.2. The zero-order chi connectivity index (χ0) is 25.1. The molecule has 35 heavy (non-hydrogen) atoms. The summed E-state index contributed by atoms with van der Waals surface area (Å²) in [5, 5.41) is 12.6. The van der Waals surface area contributed by atoms with E-state index < -0.39 is 41.7 Å². The number of pyridine rings is 1. The number of alkyl halides is 1. The quantitative estimate of drug-likeness (QED) is 0.535. The average Bonchev–Trinajstić information content (AvgIpc) is 3.47. The summed E-state index contributed by atoms with van der Waals surface area (Å²) in [5.74, 6) is -2.16. The lowest BCUT2D eigenvalue weighted by Gasteiger charge is -2.26. The molecule has 1 unspecified atom stereocenters. The molecule has 8 nitrogen and oxygen atoms in total. The first kappa shape index (κ1) is 24.4. The van der Waals surface area contributed by atoms with E-state index in [4.69, 9.17) is 0 Å². The van der Waals surface area contributed by atoms with Gasteiger partial charge in [-0.25, -0.2) is 13.2 Å². The summed E-state index contributed by atoms with van der Waals surface area (Å²) in [5.41, 5.74) is 1.53. The normalized spacial score (nSPS) is 18.6. The Morgan fingerprint density at radius 2 is 2.00 bits per heavy atom. The molecule has 0 radical (unpaired) electrons. The maximum absolute atomic E-state index is 14.8. The fourth-order valence-corrected chi connectivity index (χ4v) is 4.19. The summed E-state index contributed by atoms with van der Waals surface area (Å²) >= 11 is 0. The molecule has 4 rings (SSSR count). The van der Waals surface area contributed by atoms with Crippen LogP contribution in [0.15, 0.2) is 42.7 Å². The summed E-state index contributed by atoms with van der Waals surface area (Å²) < 4.78 is 42.6. The van der Waals surface area contributed by atoms with E-state index in [1.807, 2.05) is 13.8 Å².